The van der Waals surface area contributed by atoms with Crippen LogP contribution in [-0.4, -0.2) is 17.1 Å². The Morgan fingerprint density at radius 1 is 1.50 bits per heavy atom. The van der Waals surface area contributed by atoms with Crippen LogP contribution >= 0.6 is 0 Å². The summed E-state index contributed by atoms with van der Waals surface area (Å²) in [5.41, 5.74) is 0. The molecular weight excluding hydrogens is 96.7 g/mol. The molecule has 0 spiro atoms. The van der Waals surface area contributed by atoms with Gasteiger partial charge in [-0.2, -0.15) is 0 Å². The average molecular weight is 101 g/mol. The van der Waals surface area contributed by atoms with Gasteiger partial charge < -0.3 is 0 Å². The Morgan fingerprint density at radius 2 is 1.75 bits per heavy atom. The summed E-state index contributed by atoms with van der Waals surface area (Å²) in [5.74, 6) is 0. The van der Waals surface area contributed by atoms with Crippen LogP contribution in [0, 0.1) is 0 Å². The van der Waals surface area contributed by atoms with E-state index in [0.29, 0.717) is 0 Å². The van der Waals surface area contributed by atoms with Gasteiger partial charge in [0.05, 0.1) is 0 Å². The van der Waals surface area contributed by atoms with Crippen LogP contribution in [0.2, 0.25) is 0 Å². The Labute approximate surface area is 33.5 Å². The van der Waals surface area contributed by atoms with Crippen molar-refractivity contribution < 1.29 is 15.7 Å². The Morgan fingerprint density at radius 3 is 1.75 bits per heavy atom. The van der Waals surface area contributed by atoms with E-state index in [1.807, 2.05) is 3.98 Å². The van der Waals surface area contributed by atoms with Crippen LogP contribution in [0.5, 0.6) is 0 Å². The molecule has 0 atom stereocenters. The summed E-state index contributed by atoms with van der Waals surface area (Å²) in [5, 5.41) is 0. The Hall–Kier alpha value is 0.454. The average Bonchev–Trinajstić information content (AvgIpc) is 1.75. The number of rotatable bonds is 0. The molecule has 1 heterocycles. The predicted octanol–water partition coefficient (Wildman–Crippen LogP) is -0.236. The van der Waals surface area contributed by atoms with Crippen molar-refractivity contribution >= 4 is 0 Å². The normalized spacial score (nSPS) is 26.5. The van der Waals surface area contributed by atoms with Crippen LogP contribution in [0.3, 0.4) is 0 Å². The molecule has 1 nitrogen and oxygen atoms in total. The van der Waals surface area contributed by atoms with Crippen LogP contribution in [0.4, 0.5) is 0 Å². The van der Waals surface area contributed by atoms with Crippen molar-refractivity contribution in [3.05, 3.63) is 0 Å². The van der Waals surface area contributed by atoms with Crippen LogP contribution in [-0.2, 0) is 15.7 Å². The predicted molar refractivity (Wildman–Crippen MR) is 11.6 cm³/mol. The summed E-state index contributed by atoms with van der Waals surface area (Å²) >= 11 is 4.32. The number of hydrogen-bond acceptors (Lipinski definition) is 1. The Balaban J connectivity index is 2.17. The van der Waals surface area contributed by atoms with Crippen molar-refractivity contribution in [1.82, 2.24) is 3.98 Å². The maximum absolute atomic E-state index is 4.32. The summed E-state index contributed by atoms with van der Waals surface area (Å²) in [6, 6.07) is 0. The first-order chi connectivity index (χ1) is 1.89. The van der Waals surface area contributed by atoms with Crippen molar-refractivity contribution in [3.8, 4) is 0 Å². The maximum atomic E-state index is 4.32. The van der Waals surface area contributed by atoms with Gasteiger partial charge in [0.2, 0.25) is 0 Å². The third kappa shape index (κ3) is 0.435. The van der Waals surface area contributed by atoms with Crippen molar-refractivity contribution in [2.75, 3.05) is 13.1 Å². The van der Waals surface area contributed by atoms with Gasteiger partial charge in [0.15, 0.2) is 0 Å². The fraction of sp³-hybridized carbons (Fsp3) is 1.00. The quantitative estimate of drug-likeness (QED) is 0.300. The zero-order valence-corrected chi connectivity index (χ0v) is 3.17. The topological polar surface area (TPSA) is 3.01 Å². The molecule has 0 saturated carbocycles. The van der Waals surface area contributed by atoms with Crippen LogP contribution in [0.25, 0.3) is 0 Å². The van der Waals surface area contributed by atoms with Crippen LogP contribution in [0.1, 0.15) is 0 Å². The number of hydrogen-bond donors (Lipinski definition) is 0. The molecule has 4 heavy (non-hydrogen) atoms. The van der Waals surface area contributed by atoms with Gasteiger partial charge in [0.25, 0.3) is 0 Å². The second-order valence-electron chi connectivity index (χ2n) is 0.871. The molecule has 0 radical (unpaired) electrons. The zero-order chi connectivity index (χ0) is 2.99. The fourth-order valence-electron chi connectivity index (χ4n) is 0.0316. The van der Waals surface area contributed by atoms with Gasteiger partial charge in [-0.3, -0.25) is 0 Å². The van der Waals surface area contributed by atoms with Gasteiger partial charge in [-0.1, -0.05) is 0 Å². The molecule has 0 aliphatic carbocycles. The minimum absolute atomic E-state index is 1.15. The van der Waals surface area contributed by atoms with Gasteiger partial charge in [-0.15, -0.1) is 0 Å². The zero-order valence-electron chi connectivity index (χ0n) is 2.18. The molecule has 0 aromatic rings. The molecule has 1 saturated heterocycles. The molecule has 27 valence electrons. The summed E-state index contributed by atoms with van der Waals surface area (Å²) in [4.78, 5) is 0. The van der Waals surface area contributed by atoms with E-state index in [0.717, 1.165) is 13.1 Å². The SMILES string of the molecule is [Ni][N]1CC1. The molecule has 0 N–H and O–H groups in total. The molecule has 1 aliphatic rings. The van der Waals surface area contributed by atoms with E-state index >= 15 is 0 Å². The van der Waals surface area contributed by atoms with E-state index in [9.17, 15) is 0 Å². The van der Waals surface area contributed by atoms with E-state index in [1.165, 1.54) is 0 Å². The monoisotopic (exact) mass is 100.0 g/mol. The first-order valence-electron chi connectivity index (χ1n) is 1.27. The molecule has 1 rings (SSSR count). The van der Waals surface area contributed by atoms with E-state index in [4.69, 9.17) is 0 Å². The molecule has 1 aliphatic heterocycles. The van der Waals surface area contributed by atoms with Crippen LogP contribution in [0.15, 0.2) is 0 Å². The van der Waals surface area contributed by atoms with Gasteiger partial charge in [-0.25, -0.2) is 0 Å². The first kappa shape index (κ1) is 2.68. The van der Waals surface area contributed by atoms with Gasteiger partial charge in [-0.05, 0) is 0 Å². The van der Waals surface area contributed by atoms with Crippen molar-refractivity contribution in [3.63, 3.8) is 0 Å². The molecule has 0 unspecified atom stereocenters. The van der Waals surface area contributed by atoms with E-state index in [2.05, 4.69) is 15.7 Å². The third-order valence-electron chi connectivity index (χ3n) is 0.365. The molecule has 1 fully saturated rings. The molecule has 0 aromatic heterocycles. The van der Waals surface area contributed by atoms with E-state index in [-0.39, 0.29) is 0 Å². The van der Waals surface area contributed by atoms with Gasteiger partial charge in [0, 0.05) is 0 Å². The molecule has 2 heteroatoms. The van der Waals surface area contributed by atoms with Gasteiger partial charge in [0.1, 0.15) is 0 Å². The molecule has 0 bridgehead atoms. The molecule has 0 amide bonds. The second kappa shape index (κ2) is 0.699. The standard InChI is InChI=1S/C2H4N.Ni/c1-2-3-1;/h1-2H2;/q-1;+1. The first-order valence-corrected chi connectivity index (χ1v) is 1.72. The van der Waals surface area contributed by atoms with Gasteiger partial charge >= 0.3 is 32.7 Å². The van der Waals surface area contributed by atoms with Crippen molar-refractivity contribution in [1.29, 1.82) is 0 Å². The van der Waals surface area contributed by atoms with E-state index < -0.39 is 0 Å². The molecular formula is C2H4NNi. The summed E-state index contributed by atoms with van der Waals surface area (Å²) < 4.78 is 1.88. The fourth-order valence-corrected chi connectivity index (χ4v) is 0.130. The minimum atomic E-state index is 1.15. The Kier molecular flexibility index (Phi) is 0.468. The summed E-state index contributed by atoms with van der Waals surface area (Å²) in [6.45, 7) is 2.31. The summed E-state index contributed by atoms with van der Waals surface area (Å²) in [6.07, 6.45) is 0. The summed E-state index contributed by atoms with van der Waals surface area (Å²) in [7, 11) is 0. The third-order valence-corrected chi connectivity index (χ3v) is 0.807. The Bertz CT molecular complexity index is 25.2. The van der Waals surface area contributed by atoms with Crippen molar-refractivity contribution in [2.24, 2.45) is 0 Å². The van der Waals surface area contributed by atoms with Crippen LogP contribution < -0.4 is 0 Å². The molecule has 0 aromatic carbocycles. The second-order valence-corrected chi connectivity index (χ2v) is 1.50. The van der Waals surface area contributed by atoms with E-state index in [1.54, 1.807) is 0 Å². The van der Waals surface area contributed by atoms with Crippen molar-refractivity contribution in [2.45, 2.75) is 0 Å². The number of nitrogens with zero attached hydrogens (tertiary/aromatic N) is 1.